The number of nitrogens with one attached hydrogen (secondary N) is 1. The van der Waals surface area contributed by atoms with E-state index in [0.717, 1.165) is 28.9 Å². The topological polar surface area (TPSA) is 50.8 Å². The number of halogens is 3. The second-order valence-corrected chi connectivity index (χ2v) is 7.96. The lowest BCUT2D eigenvalue weighted by atomic mass is 10.0. The maximum absolute atomic E-state index is 13.1. The van der Waals surface area contributed by atoms with Gasteiger partial charge < -0.3 is 19.7 Å². The summed E-state index contributed by atoms with van der Waals surface area (Å²) in [6.07, 6.45) is -3.20. The summed E-state index contributed by atoms with van der Waals surface area (Å²) >= 11 is 0. The summed E-state index contributed by atoms with van der Waals surface area (Å²) in [7, 11) is 4.69. The smallest absolute Gasteiger partial charge is 0.416 e. The standard InChI is InChI=1S/C27H29F3N2O3/c1-31-26(33)25(20-9-5-4-6-10-20)32(22-15-16-23(34-2)24(18-22)35-3)17-7-8-19-11-13-21(14-12-19)27(28,29)30/h4-6,9-16,18,25H,7-8,17H2,1-3H3,(H,31,33). The molecule has 3 rings (SSSR count). The summed E-state index contributed by atoms with van der Waals surface area (Å²) in [4.78, 5) is 15.0. The highest BCUT2D eigenvalue weighted by Gasteiger charge is 2.30. The van der Waals surface area contributed by atoms with E-state index in [2.05, 4.69) is 5.32 Å². The Kier molecular flexibility index (Phi) is 8.63. The molecule has 1 amide bonds. The molecule has 0 bridgehead atoms. The fourth-order valence-corrected chi connectivity index (χ4v) is 3.97. The first kappa shape index (κ1) is 25.9. The van der Waals surface area contributed by atoms with Crippen LogP contribution in [-0.4, -0.2) is 33.7 Å². The molecule has 0 aliphatic carbocycles. The third kappa shape index (κ3) is 6.47. The van der Waals surface area contributed by atoms with Gasteiger partial charge in [-0.2, -0.15) is 13.2 Å². The predicted molar refractivity (Wildman–Crippen MR) is 130 cm³/mol. The van der Waals surface area contributed by atoms with Crippen LogP contribution in [0.1, 0.15) is 29.2 Å². The van der Waals surface area contributed by atoms with E-state index in [0.29, 0.717) is 30.9 Å². The van der Waals surface area contributed by atoms with Gasteiger partial charge in [-0.25, -0.2) is 0 Å². The van der Waals surface area contributed by atoms with Crippen molar-refractivity contribution in [1.29, 1.82) is 0 Å². The molecule has 186 valence electrons. The number of hydrogen-bond donors (Lipinski definition) is 1. The predicted octanol–water partition coefficient (Wildman–Crippen LogP) is 5.65. The van der Waals surface area contributed by atoms with Crippen LogP contribution < -0.4 is 19.7 Å². The zero-order valence-corrected chi connectivity index (χ0v) is 19.9. The lowest BCUT2D eigenvalue weighted by Gasteiger charge is -2.33. The Morgan fingerprint density at radius 2 is 1.60 bits per heavy atom. The van der Waals surface area contributed by atoms with E-state index in [-0.39, 0.29) is 5.91 Å². The SMILES string of the molecule is CNC(=O)C(c1ccccc1)N(CCCc1ccc(C(F)(F)F)cc1)c1ccc(OC)c(OC)c1. The lowest BCUT2D eigenvalue weighted by Crippen LogP contribution is -2.40. The van der Waals surface area contributed by atoms with Gasteiger partial charge in [0, 0.05) is 25.3 Å². The molecule has 0 spiro atoms. The summed E-state index contributed by atoms with van der Waals surface area (Å²) in [5, 5.41) is 2.75. The number of ether oxygens (including phenoxy) is 2. The molecule has 1 atom stereocenters. The highest BCUT2D eigenvalue weighted by atomic mass is 19.4. The minimum atomic E-state index is -4.36. The summed E-state index contributed by atoms with van der Waals surface area (Å²) in [5.74, 6) is 0.916. The summed E-state index contributed by atoms with van der Waals surface area (Å²) in [6.45, 7) is 0.476. The molecule has 0 heterocycles. The number of amides is 1. The third-order valence-electron chi connectivity index (χ3n) is 5.77. The number of hydrogen-bond acceptors (Lipinski definition) is 4. The van der Waals surface area contributed by atoms with Gasteiger partial charge in [0.15, 0.2) is 11.5 Å². The maximum atomic E-state index is 13.1. The number of carbonyl (C=O) groups is 1. The molecule has 1 unspecified atom stereocenters. The Labute approximate surface area is 203 Å². The molecule has 3 aromatic rings. The first-order valence-electron chi connectivity index (χ1n) is 11.2. The van der Waals surface area contributed by atoms with Crippen LogP contribution in [0.2, 0.25) is 0 Å². The number of carbonyl (C=O) groups excluding carboxylic acids is 1. The van der Waals surface area contributed by atoms with Crippen molar-refractivity contribution in [3.05, 3.63) is 89.5 Å². The van der Waals surface area contributed by atoms with Gasteiger partial charge >= 0.3 is 6.18 Å². The highest BCUT2D eigenvalue weighted by molar-refractivity contribution is 5.86. The van der Waals surface area contributed by atoms with Gasteiger partial charge in [0.1, 0.15) is 6.04 Å². The second-order valence-electron chi connectivity index (χ2n) is 7.96. The third-order valence-corrected chi connectivity index (χ3v) is 5.77. The normalized spacial score (nSPS) is 12.1. The van der Waals surface area contributed by atoms with Gasteiger partial charge in [0.25, 0.3) is 0 Å². The van der Waals surface area contributed by atoms with E-state index in [9.17, 15) is 18.0 Å². The average Bonchev–Trinajstić information content (AvgIpc) is 2.87. The Morgan fingerprint density at radius 3 is 2.17 bits per heavy atom. The average molecular weight is 487 g/mol. The van der Waals surface area contributed by atoms with Gasteiger partial charge in [-0.05, 0) is 48.2 Å². The minimum Gasteiger partial charge on any atom is -0.493 e. The van der Waals surface area contributed by atoms with Crippen molar-refractivity contribution in [3.8, 4) is 11.5 Å². The maximum Gasteiger partial charge on any atom is 0.416 e. The Balaban J connectivity index is 1.91. The zero-order valence-electron chi connectivity index (χ0n) is 19.9. The number of aryl methyl sites for hydroxylation is 1. The Morgan fingerprint density at radius 1 is 0.943 bits per heavy atom. The van der Waals surface area contributed by atoms with Crippen LogP contribution in [0.25, 0.3) is 0 Å². The Hall–Kier alpha value is -3.68. The number of rotatable bonds is 10. The molecule has 0 aliphatic rings. The largest absolute Gasteiger partial charge is 0.493 e. The van der Waals surface area contributed by atoms with E-state index in [1.807, 2.05) is 47.4 Å². The molecule has 5 nitrogen and oxygen atoms in total. The highest BCUT2D eigenvalue weighted by Crippen LogP contribution is 2.35. The number of nitrogens with zero attached hydrogens (tertiary/aromatic N) is 1. The molecule has 0 saturated heterocycles. The Bertz CT molecular complexity index is 1100. The molecule has 0 saturated carbocycles. The van der Waals surface area contributed by atoms with Crippen molar-refractivity contribution in [3.63, 3.8) is 0 Å². The van der Waals surface area contributed by atoms with Gasteiger partial charge in [-0.1, -0.05) is 42.5 Å². The molecule has 0 fully saturated rings. The number of benzene rings is 3. The fraction of sp³-hybridized carbons (Fsp3) is 0.296. The zero-order chi connectivity index (χ0) is 25.4. The van der Waals surface area contributed by atoms with E-state index in [1.54, 1.807) is 27.3 Å². The number of alkyl halides is 3. The molecule has 0 radical (unpaired) electrons. The van der Waals surface area contributed by atoms with Crippen molar-refractivity contribution in [2.75, 3.05) is 32.7 Å². The van der Waals surface area contributed by atoms with Crippen molar-refractivity contribution < 1.29 is 27.4 Å². The van der Waals surface area contributed by atoms with Crippen molar-refractivity contribution in [2.45, 2.75) is 25.1 Å². The van der Waals surface area contributed by atoms with Crippen LogP contribution >= 0.6 is 0 Å². The molecule has 8 heteroatoms. The molecule has 0 aromatic heterocycles. The van der Waals surface area contributed by atoms with Crippen LogP contribution in [0.3, 0.4) is 0 Å². The number of likely N-dealkylation sites (N-methyl/N-ethyl adjacent to an activating group) is 1. The number of methoxy groups -OCH3 is 2. The first-order chi connectivity index (χ1) is 16.8. The number of anilines is 1. The van der Waals surface area contributed by atoms with Crippen molar-refractivity contribution >= 4 is 11.6 Å². The quantitative estimate of drug-likeness (QED) is 0.403. The van der Waals surface area contributed by atoms with E-state index in [1.165, 1.54) is 12.1 Å². The van der Waals surface area contributed by atoms with Crippen molar-refractivity contribution in [2.24, 2.45) is 0 Å². The summed E-state index contributed by atoms with van der Waals surface area (Å²) < 4.78 is 49.5. The molecular weight excluding hydrogens is 457 g/mol. The first-order valence-corrected chi connectivity index (χ1v) is 11.2. The molecule has 3 aromatic carbocycles. The van der Waals surface area contributed by atoms with Crippen LogP contribution in [-0.2, 0) is 17.4 Å². The monoisotopic (exact) mass is 486 g/mol. The van der Waals surface area contributed by atoms with Crippen LogP contribution in [0.4, 0.5) is 18.9 Å². The van der Waals surface area contributed by atoms with Gasteiger partial charge in [-0.15, -0.1) is 0 Å². The second kappa shape index (κ2) is 11.6. The van der Waals surface area contributed by atoms with E-state index in [4.69, 9.17) is 9.47 Å². The molecular formula is C27H29F3N2O3. The summed E-state index contributed by atoms with van der Waals surface area (Å²) in [5.41, 5.74) is 1.70. The molecule has 35 heavy (non-hydrogen) atoms. The van der Waals surface area contributed by atoms with Gasteiger partial charge in [0.2, 0.25) is 5.91 Å². The minimum absolute atomic E-state index is 0.180. The van der Waals surface area contributed by atoms with Gasteiger partial charge in [-0.3, -0.25) is 4.79 Å². The van der Waals surface area contributed by atoms with Crippen LogP contribution in [0.5, 0.6) is 11.5 Å². The lowest BCUT2D eigenvalue weighted by molar-refractivity contribution is -0.137. The van der Waals surface area contributed by atoms with Gasteiger partial charge in [0.05, 0.1) is 19.8 Å². The van der Waals surface area contributed by atoms with Crippen LogP contribution in [0.15, 0.2) is 72.8 Å². The van der Waals surface area contributed by atoms with Crippen molar-refractivity contribution in [1.82, 2.24) is 5.32 Å². The van der Waals surface area contributed by atoms with Crippen LogP contribution in [0, 0.1) is 0 Å². The van der Waals surface area contributed by atoms with E-state index >= 15 is 0 Å². The summed E-state index contributed by atoms with van der Waals surface area (Å²) in [6, 6.07) is 19.4. The molecule has 1 N–H and O–H groups in total. The van der Waals surface area contributed by atoms with E-state index < -0.39 is 17.8 Å². The fourth-order valence-electron chi connectivity index (χ4n) is 3.97. The molecule has 0 aliphatic heterocycles.